The van der Waals surface area contributed by atoms with Crippen LogP contribution in [0.1, 0.15) is 16.9 Å². The highest BCUT2D eigenvalue weighted by Gasteiger charge is 2.44. The minimum Gasteiger partial charge on any atom is -0.383 e. The van der Waals surface area contributed by atoms with Crippen molar-refractivity contribution in [3.63, 3.8) is 0 Å². The summed E-state index contributed by atoms with van der Waals surface area (Å²) in [5.41, 5.74) is 0.338. The lowest BCUT2D eigenvalue weighted by Crippen LogP contribution is -2.46. The molecule has 7 nitrogen and oxygen atoms in total. The van der Waals surface area contributed by atoms with Crippen LogP contribution in [0.5, 0.6) is 0 Å². The van der Waals surface area contributed by atoms with Crippen molar-refractivity contribution in [2.75, 3.05) is 39.9 Å². The highest BCUT2D eigenvalue weighted by molar-refractivity contribution is 5.93. The lowest BCUT2D eigenvalue weighted by atomic mass is 9.88. The van der Waals surface area contributed by atoms with Crippen LogP contribution >= 0.6 is 0 Å². The lowest BCUT2D eigenvalue weighted by Gasteiger charge is -2.33. The molecule has 118 valence electrons. The van der Waals surface area contributed by atoms with Crippen LogP contribution in [-0.4, -0.2) is 71.5 Å². The Balaban J connectivity index is 1.66. The Labute approximate surface area is 129 Å². The summed E-state index contributed by atoms with van der Waals surface area (Å²) >= 11 is 0. The molecule has 3 heterocycles. The normalized spacial score (nSPS) is 24.5. The molecular weight excluding hydrogens is 284 g/mol. The van der Waals surface area contributed by atoms with Gasteiger partial charge in [-0.3, -0.25) is 14.6 Å². The highest BCUT2D eigenvalue weighted by Crippen LogP contribution is 2.32. The van der Waals surface area contributed by atoms with Gasteiger partial charge in [0.05, 0.1) is 18.7 Å². The average molecular weight is 304 g/mol. The molecule has 2 fully saturated rings. The van der Waals surface area contributed by atoms with E-state index in [1.807, 2.05) is 4.90 Å². The molecule has 0 aliphatic carbocycles. The van der Waals surface area contributed by atoms with Gasteiger partial charge in [-0.05, 0) is 12.3 Å². The van der Waals surface area contributed by atoms with Gasteiger partial charge < -0.3 is 14.5 Å². The minimum absolute atomic E-state index is 0.0915. The summed E-state index contributed by atoms with van der Waals surface area (Å²) in [4.78, 5) is 36.5. The topological polar surface area (TPSA) is 75.6 Å². The maximum Gasteiger partial charge on any atom is 0.274 e. The van der Waals surface area contributed by atoms with E-state index in [9.17, 15) is 9.59 Å². The molecule has 1 aromatic heterocycles. The Morgan fingerprint density at radius 2 is 2.27 bits per heavy atom. The zero-order chi connectivity index (χ0) is 15.5. The SMILES string of the molecule is COCCN1CC[C@H]2CN(C(=O)c3cnccn3)C[C@@H]2C1=O. The molecule has 0 radical (unpaired) electrons. The molecular formula is C15H20N4O3. The van der Waals surface area contributed by atoms with Crippen LogP contribution in [0, 0.1) is 11.8 Å². The molecule has 0 spiro atoms. The number of rotatable bonds is 4. The van der Waals surface area contributed by atoms with Crippen molar-refractivity contribution in [1.82, 2.24) is 19.8 Å². The number of piperidine rings is 1. The number of carbonyl (C=O) groups is 2. The zero-order valence-corrected chi connectivity index (χ0v) is 12.6. The maximum atomic E-state index is 12.5. The van der Waals surface area contributed by atoms with E-state index >= 15 is 0 Å². The number of aromatic nitrogens is 2. The van der Waals surface area contributed by atoms with E-state index in [0.29, 0.717) is 31.9 Å². The number of ether oxygens (including phenoxy) is 1. The third-order valence-corrected chi connectivity index (χ3v) is 4.47. The van der Waals surface area contributed by atoms with E-state index in [1.165, 1.54) is 18.6 Å². The summed E-state index contributed by atoms with van der Waals surface area (Å²) < 4.78 is 5.05. The van der Waals surface area contributed by atoms with E-state index in [4.69, 9.17) is 4.74 Å². The average Bonchev–Trinajstić information content (AvgIpc) is 2.99. The van der Waals surface area contributed by atoms with Crippen molar-refractivity contribution in [2.45, 2.75) is 6.42 Å². The van der Waals surface area contributed by atoms with Crippen molar-refractivity contribution in [3.05, 3.63) is 24.3 Å². The molecule has 0 N–H and O–H groups in total. The Hall–Kier alpha value is -2.02. The number of methoxy groups -OCH3 is 1. The molecule has 3 rings (SSSR count). The second-order valence-electron chi connectivity index (χ2n) is 5.77. The van der Waals surface area contributed by atoms with Crippen molar-refractivity contribution < 1.29 is 14.3 Å². The number of nitrogens with zero attached hydrogens (tertiary/aromatic N) is 4. The Morgan fingerprint density at radius 3 is 3.00 bits per heavy atom. The predicted octanol–water partition coefficient (Wildman–Crippen LogP) is 0.0435. The van der Waals surface area contributed by atoms with Gasteiger partial charge in [-0.25, -0.2) is 4.98 Å². The van der Waals surface area contributed by atoms with Crippen molar-refractivity contribution in [1.29, 1.82) is 0 Å². The van der Waals surface area contributed by atoms with Crippen LogP contribution in [-0.2, 0) is 9.53 Å². The van der Waals surface area contributed by atoms with Gasteiger partial charge in [0.2, 0.25) is 5.91 Å². The molecule has 0 saturated carbocycles. The van der Waals surface area contributed by atoms with E-state index in [2.05, 4.69) is 9.97 Å². The second-order valence-corrected chi connectivity index (χ2v) is 5.77. The number of fused-ring (bicyclic) bond motifs is 1. The van der Waals surface area contributed by atoms with Gasteiger partial charge in [-0.1, -0.05) is 0 Å². The first-order valence-electron chi connectivity index (χ1n) is 7.53. The minimum atomic E-state index is -0.140. The van der Waals surface area contributed by atoms with Gasteiger partial charge in [0.25, 0.3) is 5.91 Å². The Kier molecular flexibility index (Phi) is 4.33. The summed E-state index contributed by atoms with van der Waals surface area (Å²) in [6.07, 6.45) is 5.45. The molecule has 2 atom stereocenters. The molecule has 0 unspecified atom stereocenters. The summed E-state index contributed by atoms with van der Waals surface area (Å²) in [7, 11) is 1.63. The van der Waals surface area contributed by atoms with Gasteiger partial charge >= 0.3 is 0 Å². The zero-order valence-electron chi connectivity index (χ0n) is 12.6. The molecule has 1 aromatic rings. The first-order chi connectivity index (χ1) is 10.7. The van der Waals surface area contributed by atoms with E-state index in [-0.39, 0.29) is 23.7 Å². The van der Waals surface area contributed by atoms with Crippen LogP contribution < -0.4 is 0 Å². The van der Waals surface area contributed by atoms with E-state index in [0.717, 1.165) is 13.0 Å². The van der Waals surface area contributed by atoms with Gasteiger partial charge in [0, 0.05) is 45.7 Å². The number of hydrogen-bond donors (Lipinski definition) is 0. The van der Waals surface area contributed by atoms with Gasteiger partial charge in [-0.15, -0.1) is 0 Å². The molecule has 0 bridgehead atoms. The standard InChI is InChI=1S/C15H20N4O3/c1-22-7-6-18-5-2-11-9-19(10-12(11)14(18)20)15(21)13-8-16-3-4-17-13/h3-4,8,11-12H,2,5-7,9-10H2,1H3/t11-,12-/m0/s1. The molecule has 2 amide bonds. The number of likely N-dealkylation sites (tertiary alicyclic amines) is 2. The Morgan fingerprint density at radius 1 is 1.41 bits per heavy atom. The third kappa shape index (κ3) is 2.81. The highest BCUT2D eigenvalue weighted by atomic mass is 16.5. The number of hydrogen-bond acceptors (Lipinski definition) is 5. The lowest BCUT2D eigenvalue weighted by molar-refractivity contribution is -0.140. The first-order valence-corrected chi connectivity index (χ1v) is 7.53. The Bertz CT molecular complexity index is 551. The van der Waals surface area contributed by atoms with Crippen molar-refractivity contribution in [2.24, 2.45) is 11.8 Å². The van der Waals surface area contributed by atoms with Gasteiger partial charge in [0.15, 0.2) is 0 Å². The predicted molar refractivity (Wildman–Crippen MR) is 78.0 cm³/mol. The van der Waals surface area contributed by atoms with Crippen LogP contribution in [0.3, 0.4) is 0 Å². The van der Waals surface area contributed by atoms with E-state index in [1.54, 1.807) is 12.0 Å². The number of amides is 2. The molecule has 22 heavy (non-hydrogen) atoms. The monoisotopic (exact) mass is 304 g/mol. The first kappa shape index (κ1) is 14.9. The third-order valence-electron chi connectivity index (χ3n) is 4.47. The molecule has 2 aliphatic rings. The summed E-state index contributed by atoms with van der Waals surface area (Å²) in [5, 5.41) is 0. The van der Waals surface area contributed by atoms with Crippen LogP contribution in [0.15, 0.2) is 18.6 Å². The molecule has 7 heteroatoms. The number of carbonyl (C=O) groups excluding carboxylic acids is 2. The molecule has 2 aliphatic heterocycles. The quantitative estimate of drug-likeness (QED) is 0.785. The van der Waals surface area contributed by atoms with Gasteiger partial charge in [-0.2, -0.15) is 0 Å². The fourth-order valence-corrected chi connectivity index (χ4v) is 3.27. The van der Waals surface area contributed by atoms with Gasteiger partial charge in [0.1, 0.15) is 5.69 Å². The fraction of sp³-hybridized carbons (Fsp3) is 0.600. The summed E-state index contributed by atoms with van der Waals surface area (Å²) in [6, 6.07) is 0. The van der Waals surface area contributed by atoms with Crippen LogP contribution in [0.25, 0.3) is 0 Å². The fourth-order valence-electron chi connectivity index (χ4n) is 3.27. The largest absolute Gasteiger partial charge is 0.383 e. The van der Waals surface area contributed by atoms with Crippen LogP contribution in [0.4, 0.5) is 0 Å². The second kappa shape index (κ2) is 6.39. The summed E-state index contributed by atoms with van der Waals surface area (Å²) in [5.74, 6) is 0.166. The molecule has 2 saturated heterocycles. The van der Waals surface area contributed by atoms with E-state index < -0.39 is 0 Å². The summed E-state index contributed by atoms with van der Waals surface area (Å²) in [6.45, 7) is 3.02. The van der Waals surface area contributed by atoms with Crippen LogP contribution in [0.2, 0.25) is 0 Å². The van der Waals surface area contributed by atoms with Crippen molar-refractivity contribution >= 4 is 11.8 Å². The molecule has 0 aromatic carbocycles. The smallest absolute Gasteiger partial charge is 0.274 e. The van der Waals surface area contributed by atoms with Crippen molar-refractivity contribution in [3.8, 4) is 0 Å². The maximum absolute atomic E-state index is 12.5.